The molecule has 14 aromatic rings. The Labute approximate surface area is 397 Å². The van der Waals surface area contributed by atoms with E-state index in [9.17, 15) is 0 Å². The van der Waals surface area contributed by atoms with Crippen molar-refractivity contribution in [2.75, 3.05) is 0 Å². The Morgan fingerprint density at radius 3 is 0.928 bits per heavy atom. The number of fused-ring (bicyclic) bond motifs is 17. The number of rotatable bonds is 4. The Kier molecular flexibility index (Phi) is 8.00. The quantitative estimate of drug-likeness (QED) is 0.177. The van der Waals surface area contributed by atoms with Gasteiger partial charge in [0.25, 0.3) is 0 Å². The average Bonchev–Trinajstić information content (AvgIpc) is 4.06. The highest BCUT2D eigenvalue weighted by Gasteiger charge is 2.27. The molecule has 0 fully saturated rings. The highest BCUT2D eigenvalue weighted by molar-refractivity contribution is 6.13. The minimum Gasteiger partial charge on any atom is -0.309 e. The SMILES string of the molecule is c1ccc2c(c1)-c1ccccc1-c1cc(-c3cc(-n4c5ccccc5c5ccccc54)nc(-n4c5ccccc5c5ccccc54)n3)c(-n3c4ccccc4c4ccccc43)cc1-c1ccccc1-2. The second-order valence-electron chi connectivity index (χ2n) is 18.1. The first kappa shape index (κ1) is 37.9. The monoisotopic (exact) mass is 877 g/mol. The molecule has 10 aromatic carbocycles. The van der Waals surface area contributed by atoms with Crippen molar-refractivity contribution in [3.05, 3.63) is 237 Å². The zero-order valence-electron chi connectivity index (χ0n) is 37.3. The lowest BCUT2D eigenvalue weighted by Gasteiger charge is -2.25. The first-order chi connectivity index (χ1) is 34.3. The predicted octanol–water partition coefficient (Wildman–Crippen LogP) is 16.4. The molecule has 15 rings (SSSR count). The molecule has 1 aliphatic rings. The third-order valence-electron chi connectivity index (χ3n) is 14.5. The first-order valence-electron chi connectivity index (χ1n) is 23.6. The van der Waals surface area contributed by atoms with E-state index in [-0.39, 0.29) is 0 Å². The van der Waals surface area contributed by atoms with Gasteiger partial charge in [-0.25, -0.2) is 4.98 Å². The third-order valence-corrected chi connectivity index (χ3v) is 14.5. The van der Waals surface area contributed by atoms with Crippen LogP contribution < -0.4 is 0 Å². The fraction of sp³-hybridized carbons (Fsp3) is 0. The van der Waals surface area contributed by atoms with E-state index in [1.165, 1.54) is 54.9 Å². The van der Waals surface area contributed by atoms with Gasteiger partial charge in [0.1, 0.15) is 5.82 Å². The molecule has 4 aromatic heterocycles. The molecule has 320 valence electrons. The van der Waals surface area contributed by atoms with Gasteiger partial charge in [-0.1, -0.05) is 182 Å². The summed E-state index contributed by atoms with van der Waals surface area (Å²) in [6, 6.07) is 85.9. The molecule has 5 nitrogen and oxygen atoms in total. The zero-order valence-corrected chi connectivity index (χ0v) is 37.3. The summed E-state index contributed by atoms with van der Waals surface area (Å²) in [6.45, 7) is 0. The van der Waals surface area contributed by atoms with Crippen LogP contribution in [0, 0.1) is 0 Å². The number of benzene rings is 10. The van der Waals surface area contributed by atoms with Crippen LogP contribution in [-0.2, 0) is 0 Å². The lowest BCUT2D eigenvalue weighted by Crippen LogP contribution is -2.09. The fourth-order valence-electron chi connectivity index (χ4n) is 11.5. The lowest BCUT2D eigenvalue weighted by atomic mass is 9.80. The van der Waals surface area contributed by atoms with E-state index in [1.807, 2.05) is 0 Å². The van der Waals surface area contributed by atoms with Gasteiger partial charge in [0, 0.05) is 43.9 Å². The fourth-order valence-corrected chi connectivity index (χ4v) is 11.5. The van der Waals surface area contributed by atoms with E-state index in [1.54, 1.807) is 0 Å². The van der Waals surface area contributed by atoms with E-state index < -0.39 is 0 Å². The van der Waals surface area contributed by atoms with Crippen molar-refractivity contribution in [2.45, 2.75) is 0 Å². The minimum absolute atomic E-state index is 0.598. The van der Waals surface area contributed by atoms with Crippen molar-refractivity contribution >= 4 is 65.4 Å². The summed E-state index contributed by atoms with van der Waals surface area (Å²) >= 11 is 0. The normalized spacial score (nSPS) is 12.1. The highest BCUT2D eigenvalue weighted by atomic mass is 15.2. The third kappa shape index (κ3) is 5.47. The van der Waals surface area contributed by atoms with Crippen LogP contribution in [0.3, 0.4) is 0 Å². The molecule has 0 N–H and O–H groups in total. The Balaban J connectivity index is 1.13. The van der Waals surface area contributed by atoms with E-state index in [0.717, 1.165) is 77.8 Å². The Bertz CT molecular complexity index is 4160. The molecular weight excluding hydrogens is 839 g/mol. The highest BCUT2D eigenvalue weighted by Crippen LogP contribution is 2.51. The molecule has 5 heteroatoms. The van der Waals surface area contributed by atoms with E-state index in [2.05, 4.69) is 250 Å². The molecule has 0 amide bonds. The molecule has 0 unspecified atom stereocenters. The molecule has 0 bridgehead atoms. The maximum atomic E-state index is 5.80. The minimum atomic E-state index is 0.598. The van der Waals surface area contributed by atoms with Crippen molar-refractivity contribution in [2.24, 2.45) is 0 Å². The van der Waals surface area contributed by atoms with Crippen molar-refractivity contribution < 1.29 is 0 Å². The van der Waals surface area contributed by atoms with Crippen LogP contribution in [0.4, 0.5) is 0 Å². The molecule has 0 aliphatic heterocycles. The van der Waals surface area contributed by atoms with E-state index >= 15 is 0 Å². The Morgan fingerprint density at radius 2 is 0.536 bits per heavy atom. The summed E-state index contributed by atoms with van der Waals surface area (Å²) in [6.07, 6.45) is 0. The summed E-state index contributed by atoms with van der Waals surface area (Å²) in [5, 5.41) is 7.06. The number of hydrogen-bond acceptors (Lipinski definition) is 2. The molecule has 0 spiro atoms. The number of aromatic nitrogens is 5. The van der Waals surface area contributed by atoms with Crippen LogP contribution in [0.5, 0.6) is 0 Å². The van der Waals surface area contributed by atoms with Crippen molar-refractivity contribution in [1.29, 1.82) is 0 Å². The summed E-state index contributed by atoms with van der Waals surface area (Å²) in [7, 11) is 0. The standard InChI is InChI=1S/C64H39N5/c1-2-20-41-40(19-1)42-21-3-5-23-44(42)52-37-54(62(38-53(52)45-24-6-4-22-43(41)45)67-56-31-13-7-25-46(56)47-26-8-14-32-57(47)67)55-39-63(68-58-33-15-9-27-48(58)49-28-10-16-34-59(49)68)66-64(65-55)69-60-35-17-11-29-50(60)51-30-12-18-36-61(51)69/h1-39H. The second kappa shape index (κ2) is 14.6. The van der Waals surface area contributed by atoms with Crippen LogP contribution in [-0.4, -0.2) is 23.7 Å². The van der Waals surface area contributed by atoms with Gasteiger partial charge in [-0.15, -0.1) is 0 Å². The van der Waals surface area contributed by atoms with Crippen LogP contribution >= 0.6 is 0 Å². The Hall–Kier alpha value is -9.32. The summed E-state index contributed by atoms with van der Waals surface area (Å²) in [5.41, 5.74) is 18.8. The molecule has 0 saturated heterocycles. The summed E-state index contributed by atoms with van der Waals surface area (Å²) < 4.78 is 7.04. The van der Waals surface area contributed by atoms with E-state index in [4.69, 9.17) is 9.97 Å². The topological polar surface area (TPSA) is 40.6 Å². The van der Waals surface area contributed by atoms with Gasteiger partial charge in [-0.05, 0) is 93.0 Å². The van der Waals surface area contributed by atoms with Crippen LogP contribution in [0.1, 0.15) is 0 Å². The maximum Gasteiger partial charge on any atom is 0.237 e. The molecule has 69 heavy (non-hydrogen) atoms. The lowest BCUT2D eigenvalue weighted by molar-refractivity contribution is 0.951. The summed E-state index contributed by atoms with van der Waals surface area (Å²) in [5.74, 6) is 1.38. The van der Waals surface area contributed by atoms with Crippen LogP contribution in [0.25, 0.3) is 139 Å². The number of hydrogen-bond donors (Lipinski definition) is 0. The van der Waals surface area contributed by atoms with Gasteiger partial charge in [-0.3, -0.25) is 9.13 Å². The number of nitrogens with zero attached hydrogens (tertiary/aromatic N) is 5. The molecule has 0 atom stereocenters. The van der Waals surface area contributed by atoms with Gasteiger partial charge in [0.15, 0.2) is 0 Å². The maximum absolute atomic E-state index is 5.80. The van der Waals surface area contributed by atoms with Crippen molar-refractivity contribution in [1.82, 2.24) is 23.7 Å². The zero-order chi connectivity index (χ0) is 45.2. The molecule has 1 aliphatic carbocycles. The van der Waals surface area contributed by atoms with Gasteiger partial charge < -0.3 is 4.57 Å². The van der Waals surface area contributed by atoms with Crippen molar-refractivity contribution in [3.63, 3.8) is 0 Å². The average molecular weight is 878 g/mol. The number of para-hydroxylation sites is 6. The molecule has 0 radical (unpaired) electrons. The second-order valence-corrected chi connectivity index (χ2v) is 18.1. The molecule has 0 saturated carbocycles. The van der Waals surface area contributed by atoms with E-state index in [0.29, 0.717) is 5.95 Å². The summed E-state index contributed by atoms with van der Waals surface area (Å²) in [4.78, 5) is 11.4. The molecular formula is C64H39N5. The van der Waals surface area contributed by atoms with Gasteiger partial charge in [-0.2, -0.15) is 4.98 Å². The molecule has 4 heterocycles. The van der Waals surface area contributed by atoms with Crippen molar-refractivity contribution in [3.8, 4) is 73.2 Å². The first-order valence-corrected chi connectivity index (χ1v) is 23.6. The largest absolute Gasteiger partial charge is 0.309 e. The smallest absolute Gasteiger partial charge is 0.237 e. The Morgan fingerprint density at radius 1 is 0.232 bits per heavy atom. The van der Waals surface area contributed by atoms with Crippen LogP contribution in [0.2, 0.25) is 0 Å². The predicted molar refractivity (Wildman–Crippen MR) is 286 cm³/mol. The van der Waals surface area contributed by atoms with Gasteiger partial charge in [0.2, 0.25) is 5.95 Å². The van der Waals surface area contributed by atoms with Gasteiger partial charge >= 0.3 is 0 Å². The van der Waals surface area contributed by atoms with Gasteiger partial charge in [0.05, 0.1) is 44.5 Å². The van der Waals surface area contributed by atoms with Crippen LogP contribution in [0.15, 0.2) is 237 Å².